The maximum atomic E-state index is 11.4. The van der Waals surface area contributed by atoms with Gasteiger partial charge in [-0.15, -0.1) is 11.3 Å². The molecule has 0 unspecified atom stereocenters. The summed E-state index contributed by atoms with van der Waals surface area (Å²) in [6, 6.07) is 7.70. The second-order valence-corrected chi connectivity index (χ2v) is 5.50. The van der Waals surface area contributed by atoms with Crippen LogP contribution in [0, 0.1) is 0 Å². The van der Waals surface area contributed by atoms with Gasteiger partial charge >= 0.3 is 0 Å². The first-order chi connectivity index (χ1) is 9.22. The highest BCUT2D eigenvalue weighted by Crippen LogP contribution is 2.33. The van der Waals surface area contributed by atoms with Gasteiger partial charge in [0.05, 0.1) is 5.69 Å². The maximum Gasteiger partial charge on any atom is 0.224 e. The van der Waals surface area contributed by atoms with Crippen molar-refractivity contribution < 1.29 is 9.53 Å². The maximum absolute atomic E-state index is 11.4. The van der Waals surface area contributed by atoms with Gasteiger partial charge in [0.1, 0.15) is 12.4 Å². The molecule has 0 aliphatic carbocycles. The molecule has 2 aromatic rings. The number of carbonyl (C=O) groups is 1. The largest absolute Gasteiger partial charge is 0.486 e. The fourth-order valence-electron chi connectivity index (χ4n) is 2.10. The van der Waals surface area contributed by atoms with Crippen molar-refractivity contribution >= 4 is 28.6 Å². The first-order valence-corrected chi connectivity index (χ1v) is 6.98. The Labute approximate surface area is 115 Å². The number of amides is 1. The summed E-state index contributed by atoms with van der Waals surface area (Å²) in [7, 11) is 0. The summed E-state index contributed by atoms with van der Waals surface area (Å²) in [5, 5.41) is 4.86. The Hall–Kier alpha value is -2.01. The second kappa shape index (κ2) is 4.93. The Morgan fingerprint density at radius 2 is 2.26 bits per heavy atom. The van der Waals surface area contributed by atoms with Crippen LogP contribution in [-0.2, 0) is 17.8 Å². The van der Waals surface area contributed by atoms with Crippen molar-refractivity contribution in [1.29, 1.82) is 0 Å². The average Bonchev–Trinajstić information content (AvgIpc) is 2.90. The normalized spacial score (nSPS) is 13.8. The SMILES string of the molecule is Nc1cc2c(cc1OCc1cccs1)NC(=O)CC2. The molecule has 4 nitrogen and oxygen atoms in total. The van der Waals surface area contributed by atoms with Crippen LogP contribution in [0.2, 0.25) is 0 Å². The lowest BCUT2D eigenvalue weighted by Gasteiger charge is -2.19. The van der Waals surface area contributed by atoms with E-state index in [4.69, 9.17) is 10.5 Å². The molecule has 2 heterocycles. The van der Waals surface area contributed by atoms with Crippen molar-refractivity contribution in [3.63, 3.8) is 0 Å². The fourth-order valence-corrected chi connectivity index (χ4v) is 2.71. The van der Waals surface area contributed by atoms with Crippen LogP contribution in [0.5, 0.6) is 5.75 Å². The number of nitrogens with one attached hydrogen (secondary N) is 1. The minimum Gasteiger partial charge on any atom is -0.486 e. The zero-order valence-corrected chi connectivity index (χ0v) is 11.1. The van der Waals surface area contributed by atoms with Gasteiger partial charge in [0.15, 0.2) is 0 Å². The van der Waals surface area contributed by atoms with E-state index in [0.717, 1.165) is 22.5 Å². The summed E-state index contributed by atoms with van der Waals surface area (Å²) < 4.78 is 5.72. The molecule has 98 valence electrons. The zero-order valence-electron chi connectivity index (χ0n) is 10.3. The van der Waals surface area contributed by atoms with E-state index in [0.29, 0.717) is 24.5 Å². The summed E-state index contributed by atoms with van der Waals surface area (Å²) in [5.74, 6) is 0.663. The van der Waals surface area contributed by atoms with E-state index in [2.05, 4.69) is 5.32 Å². The Balaban J connectivity index is 1.81. The molecule has 19 heavy (non-hydrogen) atoms. The molecule has 0 atom stereocenters. The minimum absolute atomic E-state index is 0.0430. The number of carbonyl (C=O) groups excluding carboxylic acids is 1. The summed E-state index contributed by atoms with van der Waals surface area (Å²) >= 11 is 1.64. The van der Waals surface area contributed by atoms with Crippen LogP contribution in [0.3, 0.4) is 0 Å². The first-order valence-electron chi connectivity index (χ1n) is 6.10. The molecule has 0 fully saturated rings. The highest BCUT2D eigenvalue weighted by molar-refractivity contribution is 7.09. The lowest BCUT2D eigenvalue weighted by atomic mass is 10.0. The van der Waals surface area contributed by atoms with E-state index < -0.39 is 0 Å². The van der Waals surface area contributed by atoms with Gasteiger partial charge in [0.2, 0.25) is 5.91 Å². The number of nitrogens with two attached hydrogens (primary N) is 1. The van der Waals surface area contributed by atoms with Crippen molar-refractivity contribution in [2.75, 3.05) is 11.1 Å². The third-order valence-electron chi connectivity index (χ3n) is 3.08. The number of fused-ring (bicyclic) bond motifs is 1. The molecular formula is C14H14N2O2S. The van der Waals surface area contributed by atoms with Gasteiger partial charge in [0, 0.05) is 23.1 Å². The first kappa shape index (κ1) is 12.0. The van der Waals surface area contributed by atoms with Crippen LogP contribution in [0.1, 0.15) is 16.9 Å². The van der Waals surface area contributed by atoms with Crippen molar-refractivity contribution in [2.45, 2.75) is 19.4 Å². The number of benzene rings is 1. The minimum atomic E-state index is 0.0430. The van der Waals surface area contributed by atoms with Gasteiger partial charge in [-0.25, -0.2) is 0 Å². The van der Waals surface area contributed by atoms with E-state index in [1.165, 1.54) is 0 Å². The number of nitrogen functional groups attached to an aromatic ring is 1. The third-order valence-corrected chi connectivity index (χ3v) is 3.93. The highest BCUT2D eigenvalue weighted by atomic mass is 32.1. The number of rotatable bonds is 3. The van der Waals surface area contributed by atoms with Crippen LogP contribution < -0.4 is 15.8 Å². The lowest BCUT2D eigenvalue weighted by Crippen LogP contribution is -2.19. The lowest BCUT2D eigenvalue weighted by molar-refractivity contribution is -0.116. The molecule has 0 bridgehead atoms. The Kier molecular flexibility index (Phi) is 3.13. The molecule has 0 spiro atoms. The Bertz CT molecular complexity index is 608. The number of thiophene rings is 1. The predicted molar refractivity (Wildman–Crippen MR) is 76.5 cm³/mol. The van der Waals surface area contributed by atoms with Gasteiger partial charge in [-0.3, -0.25) is 4.79 Å². The second-order valence-electron chi connectivity index (χ2n) is 4.46. The predicted octanol–water partition coefficient (Wildman–Crippen LogP) is 2.79. The average molecular weight is 274 g/mol. The molecular weight excluding hydrogens is 260 g/mol. The molecule has 3 N–H and O–H groups in total. The van der Waals surface area contributed by atoms with Crippen LogP contribution in [0.25, 0.3) is 0 Å². The van der Waals surface area contributed by atoms with Crippen molar-refractivity contribution in [3.05, 3.63) is 40.1 Å². The summed E-state index contributed by atoms with van der Waals surface area (Å²) in [4.78, 5) is 12.5. The van der Waals surface area contributed by atoms with Gasteiger partial charge < -0.3 is 15.8 Å². The molecule has 3 rings (SSSR count). The standard InChI is InChI=1S/C14H14N2O2S/c15-11-6-9-3-4-14(17)16-12(9)7-13(11)18-8-10-2-1-5-19-10/h1-2,5-7H,3-4,8,15H2,(H,16,17). The van der Waals surface area contributed by atoms with Crippen LogP contribution in [-0.4, -0.2) is 5.91 Å². The van der Waals surface area contributed by atoms with E-state index >= 15 is 0 Å². The molecule has 1 amide bonds. The van der Waals surface area contributed by atoms with E-state index in [-0.39, 0.29) is 5.91 Å². The quantitative estimate of drug-likeness (QED) is 0.846. The highest BCUT2D eigenvalue weighted by Gasteiger charge is 2.17. The molecule has 1 aromatic carbocycles. The van der Waals surface area contributed by atoms with Gasteiger partial charge in [-0.2, -0.15) is 0 Å². The molecule has 5 heteroatoms. The monoisotopic (exact) mass is 274 g/mol. The fraction of sp³-hybridized carbons (Fsp3) is 0.214. The number of hydrogen-bond donors (Lipinski definition) is 2. The molecule has 1 aliphatic rings. The number of anilines is 2. The van der Waals surface area contributed by atoms with Crippen molar-refractivity contribution in [3.8, 4) is 5.75 Å². The molecule has 0 saturated heterocycles. The van der Waals surface area contributed by atoms with Crippen LogP contribution in [0.15, 0.2) is 29.6 Å². The van der Waals surface area contributed by atoms with Crippen molar-refractivity contribution in [2.24, 2.45) is 0 Å². The van der Waals surface area contributed by atoms with E-state index in [1.54, 1.807) is 11.3 Å². The summed E-state index contributed by atoms with van der Waals surface area (Å²) in [6.07, 6.45) is 1.25. The summed E-state index contributed by atoms with van der Waals surface area (Å²) in [5.41, 5.74) is 8.48. The van der Waals surface area contributed by atoms with Gasteiger partial charge in [-0.05, 0) is 29.5 Å². The number of ether oxygens (including phenoxy) is 1. The molecule has 0 saturated carbocycles. The zero-order chi connectivity index (χ0) is 13.2. The smallest absolute Gasteiger partial charge is 0.224 e. The summed E-state index contributed by atoms with van der Waals surface area (Å²) in [6.45, 7) is 0.495. The van der Waals surface area contributed by atoms with E-state index in [1.807, 2.05) is 29.6 Å². The Morgan fingerprint density at radius 3 is 3.05 bits per heavy atom. The van der Waals surface area contributed by atoms with Crippen LogP contribution >= 0.6 is 11.3 Å². The molecule has 0 radical (unpaired) electrons. The van der Waals surface area contributed by atoms with Gasteiger partial charge in [-0.1, -0.05) is 6.07 Å². The molecule has 1 aliphatic heterocycles. The number of hydrogen-bond acceptors (Lipinski definition) is 4. The topological polar surface area (TPSA) is 64.3 Å². The third kappa shape index (κ3) is 2.56. The molecule has 1 aromatic heterocycles. The van der Waals surface area contributed by atoms with Crippen molar-refractivity contribution in [1.82, 2.24) is 0 Å². The van der Waals surface area contributed by atoms with Gasteiger partial charge in [0.25, 0.3) is 0 Å². The Morgan fingerprint density at radius 1 is 1.37 bits per heavy atom. The van der Waals surface area contributed by atoms with E-state index in [9.17, 15) is 4.79 Å². The van der Waals surface area contributed by atoms with Crippen LogP contribution in [0.4, 0.5) is 11.4 Å². The number of aryl methyl sites for hydroxylation is 1.